The largest absolute Gasteiger partial charge is 0.395 e. The molecule has 1 aromatic heterocycles. The molecule has 5 heteroatoms. The topological polar surface area (TPSA) is 53.4 Å². The third-order valence-corrected chi connectivity index (χ3v) is 2.67. The van der Waals surface area contributed by atoms with Crippen LogP contribution >= 0.6 is 15.9 Å². The van der Waals surface area contributed by atoms with E-state index < -0.39 is 0 Å². The van der Waals surface area contributed by atoms with Gasteiger partial charge in [0.05, 0.1) is 12.2 Å². The van der Waals surface area contributed by atoms with Crippen LogP contribution in [0, 0.1) is 0 Å². The van der Waals surface area contributed by atoms with Crippen molar-refractivity contribution in [3.63, 3.8) is 0 Å². The quantitative estimate of drug-likeness (QED) is 0.857. The van der Waals surface area contributed by atoms with Gasteiger partial charge in [-0.2, -0.15) is 0 Å². The van der Waals surface area contributed by atoms with Gasteiger partial charge >= 0.3 is 0 Å². The number of hydrogen-bond donors (Lipinski definition) is 1. The maximum atomic E-state index is 12.0. The van der Waals surface area contributed by atoms with E-state index in [9.17, 15) is 4.79 Å². The second-order valence-electron chi connectivity index (χ2n) is 3.69. The van der Waals surface area contributed by atoms with Crippen LogP contribution in [0.15, 0.2) is 22.9 Å². The van der Waals surface area contributed by atoms with E-state index >= 15 is 0 Å². The summed E-state index contributed by atoms with van der Waals surface area (Å²) in [6, 6.07) is 3.50. The van der Waals surface area contributed by atoms with Crippen molar-refractivity contribution in [3.8, 4) is 0 Å². The van der Waals surface area contributed by atoms with Gasteiger partial charge in [-0.1, -0.05) is 0 Å². The highest BCUT2D eigenvalue weighted by atomic mass is 79.9. The number of amides is 1. The normalized spacial score (nSPS) is 10.6. The molecule has 0 aliphatic carbocycles. The molecule has 0 atom stereocenters. The van der Waals surface area contributed by atoms with Gasteiger partial charge in [0, 0.05) is 18.8 Å². The minimum atomic E-state index is -0.107. The second kappa shape index (κ2) is 5.96. The zero-order valence-electron chi connectivity index (χ0n) is 9.35. The number of rotatable bonds is 4. The molecule has 0 bridgehead atoms. The lowest BCUT2D eigenvalue weighted by molar-refractivity contribution is 0.0665. The molecule has 0 spiro atoms. The van der Waals surface area contributed by atoms with Gasteiger partial charge in [0.2, 0.25) is 0 Å². The van der Waals surface area contributed by atoms with Crippen LogP contribution in [0.3, 0.4) is 0 Å². The zero-order valence-corrected chi connectivity index (χ0v) is 10.9. The summed E-state index contributed by atoms with van der Waals surface area (Å²) in [5.74, 6) is -0.107. The molecule has 0 fully saturated rings. The van der Waals surface area contributed by atoms with E-state index in [4.69, 9.17) is 5.11 Å². The van der Waals surface area contributed by atoms with Gasteiger partial charge in [-0.05, 0) is 41.9 Å². The third-order valence-electron chi connectivity index (χ3n) is 2.20. The average Bonchev–Trinajstić information content (AvgIpc) is 2.25. The highest BCUT2D eigenvalue weighted by molar-refractivity contribution is 9.10. The minimum absolute atomic E-state index is 0.0339. The SMILES string of the molecule is CC(C)N(CCO)C(=O)c1ccc(Br)nc1. The number of hydrogen-bond acceptors (Lipinski definition) is 3. The predicted molar refractivity (Wildman–Crippen MR) is 65.2 cm³/mol. The Bertz CT molecular complexity index is 352. The lowest BCUT2D eigenvalue weighted by Crippen LogP contribution is -2.39. The van der Waals surface area contributed by atoms with E-state index in [0.717, 1.165) is 0 Å². The van der Waals surface area contributed by atoms with Crippen LogP contribution in [0.4, 0.5) is 0 Å². The van der Waals surface area contributed by atoms with Gasteiger partial charge in [-0.15, -0.1) is 0 Å². The standard InChI is InChI=1S/C11H15BrN2O2/c1-8(2)14(5-6-15)11(16)9-3-4-10(12)13-7-9/h3-4,7-8,15H,5-6H2,1-2H3. The third kappa shape index (κ3) is 3.28. The van der Waals surface area contributed by atoms with Crippen LogP contribution in [-0.2, 0) is 0 Å². The highest BCUT2D eigenvalue weighted by Gasteiger charge is 2.18. The summed E-state index contributed by atoms with van der Waals surface area (Å²) in [6.45, 7) is 4.14. The Balaban J connectivity index is 2.86. The summed E-state index contributed by atoms with van der Waals surface area (Å²) in [6.07, 6.45) is 1.53. The van der Waals surface area contributed by atoms with Crippen molar-refractivity contribution in [1.29, 1.82) is 0 Å². The van der Waals surface area contributed by atoms with E-state index in [1.807, 2.05) is 13.8 Å². The maximum absolute atomic E-state index is 12.0. The monoisotopic (exact) mass is 286 g/mol. The van der Waals surface area contributed by atoms with Gasteiger partial charge in [-0.3, -0.25) is 4.79 Å². The molecule has 1 heterocycles. The Hall–Kier alpha value is -0.940. The van der Waals surface area contributed by atoms with E-state index in [1.165, 1.54) is 6.20 Å². The molecule has 16 heavy (non-hydrogen) atoms. The molecule has 1 amide bonds. The van der Waals surface area contributed by atoms with Crippen molar-refractivity contribution < 1.29 is 9.90 Å². The number of carbonyl (C=O) groups excluding carboxylic acids is 1. The second-order valence-corrected chi connectivity index (χ2v) is 4.50. The zero-order chi connectivity index (χ0) is 12.1. The Kier molecular flexibility index (Phi) is 4.89. The lowest BCUT2D eigenvalue weighted by Gasteiger charge is -2.25. The van der Waals surface area contributed by atoms with Crippen LogP contribution in [0.2, 0.25) is 0 Å². The van der Waals surface area contributed by atoms with Crippen molar-refractivity contribution in [2.75, 3.05) is 13.2 Å². The Labute approximate surface area is 103 Å². The van der Waals surface area contributed by atoms with Crippen LogP contribution in [-0.4, -0.2) is 40.1 Å². The molecule has 0 saturated carbocycles. The fourth-order valence-corrected chi connectivity index (χ4v) is 1.60. The Morgan fingerprint density at radius 3 is 2.69 bits per heavy atom. The highest BCUT2D eigenvalue weighted by Crippen LogP contribution is 2.10. The van der Waals surface area contributed by atoms with Crippen LogP contribution < -0.4 is 0 Å². The molecule has 0 unspecified atom stereocenters. The number of aliphatic hydroxyl groups is 1. The van der Waals surface area contributed by atoms with Crippen LogP contribution in [0.25, 0.3) is 0 Å². The average molecular weight is 287 g/mol. The minimum Gasteiger partial charge on any atom is -0.395 e. The summed E-state index contributed by atoms with van der Waals surface area (Å²) in [7, 11) is 0. The molecule has 0 aliphatic rings. The van der Waals surface area contributed by atoms with Gasteiger partial charge in [0.1, 0.15) is 4.60 Å². The van der Waals surface area contributed by atoms with Crippen molar-refractivity contribution in [2.45, 2.75) is 19.9 Å². The summed E-state index contributed by atoms with van der Waals surface area (Å²) in [5, 5.41) is 8.91. The first-order valence-corrected chi connectivity index (χ1v) is 5.89. The molecular formula is C11H15BrN2O2. The summed E-state index contributed by atoms with van der Waals surface area (Å²) < 4.78 is 0.697. The number of pyridine rings is 1. The van der Waals surface area contributed by atoms with E-state index in [-0.39, 0.29) is 18.6 Å². The Morgan fingerprint density at radius 2 is 2.25 bits per heavy atom. The molecule has 88 valence electrons. The van der Waals surface area contributed by atoms with E-state index in [1.54, 1.807) is 17.0 Å². The van der Waals surface area contributed by atoms with Crippen molar-refractivity contribution in [3.05, 3.63) is 28.5 Å². The molecule has 0 saturated heterocycles. The van der Waals surface area contributed by atoms with E-state index in [0.29, 0.717) is 16.7 Å². The first-order valence-electron chi connectivity index (χ1n) is 5.09. The Morgan fingerprint density at radius 1 is 1.56 bits per heavy atom. The fourth-order valence-electron chi connectivity index (χ4n) is 1.37. The van der Waals surface area contributed by atoms with Gasteiger partial charge in [0.25, 0.3) is 5.91 Å². The molecule has 4 nitrogen and oxygen atoms in total. The number of halogens is 1. The lowest BCUT2D eigenvalue weighted by atomic mass is 10.2. The first kappa shape index (κ1) is 13.1. The predicted octanol–water partition coefficient (Wildman–Crippen LogP) is 1.69. The number of carbonyl (C=O) groups is 1. The van der Waals surface area contributed by atoms with E-state index in [2.05, 4.69) is 20.9 Å². The summed E-state index contributed by atoms with van der Waals surface area (Å²) >= 11 is 3.22. The first-order chi connectivity index (χ1) is 7.56. The molecular weight excluding hydrogens is 272 g/mol. The molecule has 1 aromatic rings. The fraction of sp³-hybridized carbons (Fsp3) is 0.455. The number of nitrogens with zero attached hydrogens (tertiary/aromatic N) is 2. The van der Waals surface area contributed by atoms with Crippen molar-refractivity contribution in [2.24, 2.45) is 0 Å². The smallest absolute Gasteiger partial charge is 0.255 e. The summed E-state index contributed by atoms with van der Waals surface area (Å²) in [5.41, 5.74) is 0.533. The molecule has 0 radical (unpaired) electrons. The van der Waals surface area contributed by atoms with Crippen LogP contribution in [0.1, 0.15) is 24.2 Å². The molecule has 1 rings (SSSR count). The molecule has 0 aromatic carbocycles. The van der Waals surface area contributed by atoms with Crippen molar-refractivity contribution in [1.82, 2.24) is 9.88 Å². The van der Waals surface area contributed by atoms with Crippen LogP contribution in [0.5, 0.6) is 0 Å². The van der Waals surface area contributed by atoms with Gasteiger partial charge in [0.15, 0.2) is 0 Å². The van der Waals surface area contributed by atoms with Gasteiger partial charge in [-0.25, -0.2) is 4.98 Å². The summed E-state index contributed by atoms with van der Waals surface area (Å²) in [4.78, 5) is 17.7. The molecule has 1 N–H and O–H groups in total. The number of aromatic nitrogens is 1. The maximum Gasteiger partial charge on any atom is 0.255 e. The van der Waals surface area contributed by atoms with Crippen molar-refractivity contribution >= 4 is 21.8 Å². The van der Waals surface area contributed by atoms with Gasteiger partial charge < -0.3 is 10.0 Å². The molecule has 0 aliphatic heterocycles. The number of aliphatic hydroxyl groups excluding tert-OH is 1.